The molecule has 1 saturated heterocycles. The number of aryl methyl sites for hydroxylation is 1. The summed E-state index contributed by atoms with van der Waals surface area (Å²) >= 11 is 0. The molecule has 1 aliphatic rings. The summed E-state index contributed by atoms with van der Waals surface area (Å²) in [5.74, 6) is -4.34. The first kappa shape index (κ1) is 24.2. The maximum Gasteiger partial charge on any atom is 0.331 e. The van der Waals surface area contributed by atoms with Gasteiger partial charge in [-0.05, 0) is 43.3 Å². The van der Waals surface area contributed by atoms with E-state index in [-0.39, 0.29) is 18.2 Å². The topological polar surface area (TPSA) is 92.6 Å². The van der Waals surface area contributed by atoms with Crippen LogP contribution < -0.4 is 5.32 Å². The minimum absolute atomic E-state index is 0.111. The summed E-state index contributed by atoms with van der Waals surface area (Å²) < 4.78 is 56.9. The predicted octanol–water partition coefficient (Wildman–Crippen LogP) is 3.63. The van der Waals surface area contributed by atoms with Crippen LogP contribution in [0.3, 0.4) is 0 Å². The lowest BCUT2D eigenvalue weighted by molar-refractivity contribution is 0.0176. The van der Waals surface area contributed by atoms with Crippen molar-refractivity contribution in [2.45, 2.75) is 19.5 Å². The number of hydrogen-bond donors (Lipinski definition) is 2. The quantitative estimate of drug-likeness (QED) is 0.339. The predicted molar refractivity (Wildman–Crippen MR) is 126 cm³/mol. The van der Waals surface area contributed by atoms with Gasteiger partial charge in [0.25, 0.3) is 0 Å². The molecule has 1 fully saturated rings. The number of fused-ring (bicyclic) bond motifs is 1. The molecular weight excluding hydrogens is 475 g/mol. The van der Waals surface area contributed by atoms with E-state index < -0.39 is 23.1 Å². The van der Waals surface area contributed by atoms with Crippen molar-refractivity contribution in [1.82, 2.24) is 29.5 Å². The molecule has 0 radical (unpaired) electrons. The molecule has 0 aliphatic carbocycles. The second kappa shape index (κ2) is 10.2. The Balaban J connectivity index is 1.43. The first-order valence-electron chi connectivity index (χ1n) is 11.6. The highest BCUT2D eigenvalue weighted by Crippen LogP contribution is 2.35. The van der Waals surface area contributed by atoms with Crippen LogP contribution in [0.1, 0.15) is 22.8 Å². The molecule has 190 valence electrons. The van der Waals surface area contributed by atoms with Gasteiger partial charge >= 0.3 is 5.92 Å². The molecule has 12 heteroatoms. The van der Waals surface area contributed by atoms with E-state index in [9.17, 15) is 4.39 Å². The summed E-state index contributed by atoms with van der Waals surface area (Å²) in [6.45, 7) is 6.52. The average molecular weight is 502 g/mol. The Morgan fingerprint density at radius 3 is 2.61 bits per heavy atom. The minimum atomic E-state index is -3.55. The highest BCUT2D eigenvalue weighted by atomic mass is 19.3. The van der Waals surface area contributed by atoms with Crippen molar-refractivity contribution in [2.75, 3.05) is 44.8 Å². The Kier molecular flexibility index (Phi) is 6.90. The maximum absolute atomic E-state index is 15.4. The molecule has 3 aromatic heterocycles. The van der Waals surface area contributed by atoms with Crippen LogP contribution in [0.2, 0.25) is 0 Å². The second-order valence-corrected chi connectivity index (χ2v) is 8.54. The standard InChI is InChI=1S/C24H26F3N7O2/c1-16-14-20(32-31-16)28-23-30-22(24(26,27)17-2-4-18(25)5-3-17)29-21-7-6-19(34(21)23)15-36-13-10-33-8-11-35-12-9-33/h2-7,14H,8-13,15H2,1H3,(H2,28,29,30,31,32). The lowest BCUT2D eigenvalue weighted by Crippen LogP contribution is -2.38. The number of benzene rings is 1. The fourth-order valence-corrected chi connectivity index (χ4v) is 4.00. The summed E-state index contributed by atoms with van der Waals surface area (Å²) in [4.78, 5) is 10.6. The van der Waals surface area contributed by atoms with Gasteiger partial charge in [-0.25, -0.2) is 9.37 Å². The van der Waals surface area contributed by atoms with Crippen LogP contribution in [-0.4, -0.2) is 68.9 Å². The molecule has 0 amide bonds. The van der Waals surface area contributed by atoms with Crippen LogP contribution in [0.5, 0.6) is 0 Å². The van der Waals surface area contributed by atoms with E-state index in [0.717, 1.165) is 49.6 Å². The molecule has 1 aromatic carbocycles. The zero-order valence-electron chi connectivity index (χ0n) is 19.7. The molecule has 0 spiro atoms. The van der Waals surface area contributed by atoms with Gasteiger partial charge in [0.05, 0.1) is 32.1 Å². The molecule has 36 heavy (non-hydrogen) atoms. The molecule has 4 aromatic rings. The van der Waals surface area contributed by atoms with Crippen molar-refractivity contribution < 1.29 is 22.6 Å². The van der Waals surface area contributed by atoms with Gasteiger partial charge in [0.15, 0.2) is 5.82 Å². The van der Waals surface area contributed by atoms with Crippen LogP contribution in [0, 0.1) is 12.7 Å². The van der Waals surface area contributed by atoms with Gasteiger partial charge in [-0.1, -0.05) is 0 Å². The van der Waals surface area contributed by atoms with E-state index in [1.807, 2.05) is 6.92 Å². The van der Waals surface area contributed by atoms with E-state index >= 15 is 8.78 Å². The van der Waals surface area contributed by atoms with Crippen molar-refractivity contribution >= 4 is 17.4 Å². The number of ether oxygens (including phenoxy) is 2. The third-order valence-electron chi connectivity index (χ3n) is 5.92. The molecule has 0 bridgehead atoms. The third-order valence-corrected chi connectivity index (χ3v) is 5.92. The van der Waals surface area contributed by atoms with Gasteiger partial charge in [0, 0.05) is 37.0 Å². The summed E-state index contributed by atoms with van der Waals surface area (Å²) in [7, 11) is 0. The molecule has 0 saturated carbocycles. The van der Waals surface area contributed by atoms with E-state index in [1.54, 1.807) is 22.6 Å². The van der Waals surface area contributed by atoms with Gasteiger partial charge < -0.3 is 14.8 Å². The Labute approximate surface area is 205 Å². The monoisotopic (exact) mass is 501 g/mol. The number of nitrogens with zero attached hydrogens (tertiary/aromatic N) is 5. The summed E-state index contributed by atoms with van der Waals surface area (Å²) in [6, 6.07) is 9.15. The Morgan fingerprint density at radius 2 is 1.89 bits per heavy atom. The molecule has 1 aliphatic heterocycles. The van der Waals surface area contributed by atoms with Gasteiger partial charge in [0.2, 0.25) is 11.8 Å². The SMILES string of the molecule is Cc1cc(Nc2nc(C(F)(F)c3ccc(F)cc3)nc3ccc(COCCN4CCOCC4)n23)n[nH]1. The molecule has 5 rings (SSSR count). The highest BCUT2D eigenvalue weighted by molar-refractivity contribution is 5.56. The van der Waals surface area contributed by atoms with Crippen LogP contribution in [0.25, 0.3) is 5.65 Å². The lowest BCUT2D eigenvalue weighted by Gasteiger charge is -2.26. The fraction of sp³-hybridized carbons (Fsp3) is 0.375. The number of H-pyrrole nitrogens is 1. The summed E-state index contributed by atoms with van der Waals surface area (Å²) in [6.07, 6.45) is 0. The van der Waals surface area contributed by atoms with Crippen LogP contribution in [0.15, 0.2) is 42.5 Å². The number of rotatable bonds is 9. The van der Waals surface area contributed by atoms with Crippen LogP contribution in [-0.2, 0) is 22.0 Å². The number of anilines is 2. The number of hydrogen-bond acceptors (Lipinski definition) is 7. The Morgan fingerprint density at radius 1 is 1.11 bits per heavy atom. The first-order chi connectivity index (χ1) is 17.4. The van der Waals surface area contributed by atoms with E-state index in [2.05, 4.69) is 30.4 Å². The van der Waals surface area contributed by atoms with Gasteiger partial charge in [-0.3, -0.25) is 14.4 Å². The molecule has 9 nitrogen and oxygen atoms in total. The van der Waals surface area contributed by atoms with Crippen molar-refractivity contribution in [1.29, 1.82) is 0 Å². The van der Waals surface area contributed by atoms with Crippen molar-refractivity contribution in [2.24, 2.45) is 0 Å². The third kappa shape index (κ3) is 5.20. The molecule has 0 atom stereocenters. The van der Waals surface area contributed by atoms with Crippen LogP contribution >= 0.6 is 0 Å². The van der Waals surface area contributed by atoms with E-state index in [4.69, 9.17) is 9.47 Å². The summed E-state index contributed by atoms with van der Waals surface area (Å²) in [5, 5.41) is 9.95. The Bertz CT molecular complexity index is 1320. The molecule has 0 unspecified atom stereocenters. The smallest absolute Gasteiger partial charge is 0.331 e. The number of alkyl halides is 2. The normalized spacial score (nSPS) is 15.0. The number of nitrogens with one attached hydrogen (secondary N) is 2. The van der Waals surface area contributed by atoms with Gasteiger partial charge in [0.1, 0.15) is 11.5 Å². The van der Waals surface area contributed by atoms with Crippen molar-refractivity contribution in [3.05, 3.63) is 71.1 Å². The summed E-state index contributed by atoms with van der Waals surface area (Å²) in [5.41, 5.74) is 1.34. The second-order valence-electron chi connectivity index (χ2n) is 8.54. The fourth-order valence-electron chi connectivity index (χ4n) is 4.00. The molecular formula is C24H26F3N7O2. The first-order valence-corrected chi connectivity index (χ1v) is 11.6. The van der Waals surface area contributed by atoms with Crippen molar-refractivity contribution in [3.8, 4) is 0 Å². The zero-order valence-corrected chi connectivity index (χ0v) is 19.7. The van der Waals surface area contributed by atoms with E-state index in [0.29, 0.717) is 31.3 Å². The highest BCUT2D eigenvalue weighted by Gasteiger charge is 2.38. The van der Waals surface area contributed by atoms with Crippen LogP contribution in [0.4, 0.5) is 24.9 Å². The number of morpholine rings is 1. The average Bonchev–Trinajstić information content (AvgIpc) is 3.48. The largest absolute Gasteiger partial charge is 0.379 e. The Hall–Kier alpha value is -3.48. The number of aromatic amines is 1. The zero-order chi connectivity index (χ0) is 25.1. The van der Waals surface area contributed by atoms with Crippen molar-refractivity contribution in [3.63, 3.8) is 0 Å². The number of halogens is 3. The maximum atomic E-state index is 15.4. The van der Waals surface area contributed by atoms with Gasteiger partial charge in [-0.15, -0.1) is 0 Å². The van der Waals surface area contributed by atoms with E-state index in [1.165, 1.54) is 0 Å². The molecule has 4 heterocycles. The lowest BCUT2D eigenvalue weighted by atomic mass is 10.1. The minimum Gasteiger partial charge on any atom is -0.379 e. The number of aromatic nitrogens is 5. The molecule has 2 N–H and O–H groups in total. The van der Waals surface area contributed by atoms with Gasteiger partial charge in [-0.2, -0.15) is 18.9 Å².